The molecule has 10 heteroatoms. The highest BCUT2D eigenvalue weighted by molar-refractivity contribution is 8.49. The molecule has 4 heterocycles. The summed E-state index contributed by atoms with van der Waals surface area (Å²) in [6, 6.07) is 7.29. The van der Waals surface area contributed by atoms with E-state index in [2.05, 4.69) is 6.07 Å². The van der Waals surface area contributed by atoms with Gasteiger partial charge in [0.1, 0.15) is 0 Å². The Labute approximate surface area is 172 Å². The topological polar surface area (TPSA) is 82.9 Å². The number of fused-ring (bicyclic) bond motifs is 2. The summed E-state index contributed by atoms with van der Waals surface area (Å²) in [5, 5.41) is 10.1. The molecule has 5 rings (SSSR count). The first kappa shape index (κ1) is 18.1. The van der Waals surface area contributed by atoms with Gasteiger partial charge in [-0.15, -0.1) is 0 Å². The van der Waals surface area contributed by atoms with Crippen molar-refractivity contribution in [2.24, 2.45) is 5.41 Å². The van der Waals surface area contributed by atoms with E-state index >= 15 is 0 Å². The molecule has 1 aromatic rings. The Balaban J connectivity index is 1.76. The zero-order valence-electron chi connectivity index (χ0n) is 15.4. The van der Waals surface area contributed by atoms with E-state index in [1.54, 1.807) is 24.9 Å². The molecule has 0 aromatic heterocycles. The minimum atomic E-state index is -1.07. The SMILES string of the molecule is CN1C(=O)C23C[C@](C)(C#N)C(c4ccc5c(c4)OCO5)N2C(=O)C1(C)S3=S=S. The summed E-state index contributed by atoms with van der Waals surface area (Å²) in [6.07, 6.45) is 0.271. The first-order valence-electron chi connectivity index (χ1n) is 8.73. The number of likely N-dealkylation sites (N-methyl/N-ethyl adjacent to an activating group) is 1. The van der Waals surface area contributed by atoms with Gasteiger partial charge in [0.05, 0.1) is 17.5 Å². The van der Waals surface area contributed by atoms with E-state index in [0.717, 1.165) is 14.4 Å². The molecule has 146 valence electrons. The lowest BCUT2D eigenvalue weighted by molar-refractivity contribution is -0.159. The summed E-state index contributed by atoms with van der Waals surface area (Å²) in [4.78, 5) is 28.2. The second-order valence-electron chi connectivity index (χ2n) is 7.86. The summed E-state index contributed by atoms with van der Waals surface area (Å²) in [5.41, 5.74) is -0.162. The van der Waals surface area contributed by atoms with Crippen LogP contribution in [0.25, 0.3) is 0 Å². The monoisotopic (exact) mass is 435 g/mol. The Morgan fingerprint density at radius 3 is 2.68 bits per heavy atom. The average molecular weight is 436 g/mol. The van der Waals surface area contributed by atoms with Gasteiger partial charge in [-0.2, -0.15) is 5.26 Å². The number of hydrogen-bond donors (Lipinski definition) is 0. The van der Waals surface area contributed by atoms with E-state index in [1.807, 2.05) is 19.1 Å². The van der Waals surface area contributed by atoms with Crippen molar-refractivity contribution in [3.05, 3.63) is 23.8 Å². The third-order valence-electron chi connectivity index (χ3n) is 6.46. The molecule has 28 heavy (non-hydrogen) atoms. The molecule has 1 spiro atoms. The van der Waals surface area contributed by atoms with Crippen LogP contribution in [0.3, 0.4) is 0 Å². The van der Waals surface area contributed by atoms with E-state index in [0.29, 0.717) is 11.5 Å². The molecule has 0 N–H and O–H groups in total. The van der Waals surface area contributed by atoms with Gasteiger partial charge in [-0.1, -0.05) is 6.07 Å². The van der Waals surface area contributed by atoms with Gasteiger partial charge in [-0.25, -0.2) is 0 Å². The van der Waals surface area contributed by atoms with Crippen molar-refractivity contribution in [1.82, 2.24) is 9.80 Å². The van der Waals surface area contributed by atoms with E-state index in [9.17, 15) is 14.9 Å². The maximum atomic E-state index is 13.6. The fraction of sp³-hybridized carbons (Fsp3) is 0.500. The van der Waals surface area contributed by atoms with Crippen molar-refractivity contribution in [2.45, 2.75) is 36.1 Å². The average Bonchev–Trinajstić information content (AvgIpc) is 3.34. The van der Waals surface area contributed by atoms with Crippen molar-refractivity contribution in [3.63, 3.8) is 0 Å². The molecule has 4 unspecified atom stereocenters. The molecule has 3 fully saturated rings. The van der Waals surface area contributed by atoms with Gasteiger partial charge in [0, 0.05) is 13.5 Å². The molecule has 4 aliphatic heterocycles. The summed E-state index contributed by atoms with van der Waals surface area (Å²) in [5.74, 6) is 0.951. The molecule has 0 radical (unpaired) electrons. The van der Waals surface area contributed by atoms with Crippen molar-refractivity contribution in [2.75, 3.05) is 13.8 Å². The van der Waals surface area contributed by atoms with Crippen LogP contribution < -0.4 is 9.47 Å². The molecule has 7 nitrogen and oxygen atoms in total. The van der Waals surface area contributed by atoms with Crippen LogP contribution in [0.2, 0.25) is 0 Å². The van der Waals surface area contributed by atoms with Gasteiger partial charge in [0.15, 0.2) is 21.2 Å². The van der Waals surface area contributed by atoms with Crippen LogP contribution in [-0.4, -0.2) is 45.2 Å². The summed E-state index contributed by atoms with van der Waals surface area (Å²) < 4.78 is 10.9. The highest BCUT2D eigenvalue weighted by atomic mass is 33.1. The van der Waals surface area contributed by atoms with Crippen molar-refractivity contribution in [3.8, 4) is 17.6 Å². The number of piperazine rings is 1. The first-order valence-corrected chi connectivity index (χ1v) is 12.2. The molecule has 2 bridgehead atoms. The Kier molecular flexibility index (Phi) is 3.45. The van der Waals surface area contributed by atoms with Crippen LogP contribution in [-0.2, 0) is 39.1 Å². The lowest BCUT2D eigenvalue weighted by Gasteiger charge is -2.39. The number of rotatable bonds is 1. The van der Waals surface area contributed by atoms with Gasteiger partial charge in [-0.3, -0.25) is 9.59 Å². The number of amides is 2. The molecule has 4 aliphatic rings. The van der Waals surface area contributed by atoms with Crippen LogP contribution in [0.15, 0.2) is 18.2 Å². The van der Waals surface area contributed by atoms with Crippen molar-refractivity contribution in [1.29, 1.82) is 5.26 Å². The smallest absolute Gasteiger partial charge is 0.261 e. The lowest BCUT2D eigenvalue weighted by Crippen LogP contribution is -2.60. The molecule has 0 saturated carbocycles. The number of benzene rings is 1. The second-order valence-corrected chi connectivity index (χ2v) is 12.6. The summed E-state index contributed by atoms with van der Waals surface area (Å²) in [6.45, 7) is 3.76. The number of ether oxygens (including phenoxy) is 2. The molecule has 2 amide bonds. The third kappa shape index (κ3) is 1.72. The maximum Gasteiger partial charge on any atom is 0.261 e. The molecule has 3 saturated heterocycles. The van der Waals surface area contributed by atoms with Gasteiger partial charge in [0.25, 0.3) is 11.8 Å². The van der Waals surface area contributed by atoms with Gasteiger partial charge >= 0.3 is 0 Å². The zero-order valence-corrected chi connectivity index (χ0v) is 17.9. The van der Waals surface area contributed by atoms with Crippen LogP contribution >= 0.6 is 0 Å². The minimum absolute atomic E-state index is 0.125. The molecule has 5 atom stereocenters. The quantitative estimate of drug-likeness (QED) is 0.659. The Morgan fingerprint density at radius 2 is 2.00 bits per heavy atom. The zero-order chi connectivity index (χ0) is 20.1. The Hall–Kier alpha value is -1.96. The highest BCUT2D eigenvalue weighted by Gasteiger charge is 2.80. The van der Waals surface area contributed by atoms with Crippen molar-refractivity contribution < 1.29 is 19.1 Å². The number of nitrogens with zero attached hydrogens (tertiary/aromatic N) is 3. The standard InChI is InChI=1S/C18H17N3O4S3/c1-16(8-19)7-18-15(23)20(3)17(2,28(18)27-26)14(22)21(18)13(16)10-4-5-11-12(6-10)25-9-24-11/h4-6,13H,7,9H2,1-3H3/t13?,16-,17?,18?,28?/m1/s1. The fourth-order valence-corrected chi connectivity index (χ4v) is 11.8. The van der Waals surface area contributed by atoms with E-state index in [4.69, 9.17) is 20.7 Å². The minimum Gasteiger partial charge on any atom is -0.454 e. The fourth-order valence-electron chi connectivity index (χ4n) is 5.05. The van der Waals surface area contributed by atoms with Crippen LogP contribution in [0.5, 0.6) is 11.5 Å². The second kappa shape index (κ2) is 5.34. The normalized spacial score (nSPS) is 40.1. The van der Waals surface area contributed by atoms with Crippen molar-refractivity contribution >= 4 is 41.3 Å². The first-order chi connectivity index (χ1) is 13.3. The van der Waals surface area contributed by atoms with Crippen LogP contribution in [0.4, 0.5) is 0 Å². The number of hydrogen-bond acceptors (Lipinski definition) is 6. The predicted molar refractivity (Wildman–Crippen MR) is 106 cm³/mol. The lowest BCUT2D eigenvalue weighted by atomic mass is 9.79. The summed E-state index contributed by atoms with van der Waals surface area (Å²) >= 11 is 5.34. The molecular formula is C18H17N3O4S3. The van der Waals surface area contributed by atoms with E-state index in [1.165, 1.54) is 4.90 Å². The van der Waals surface area contributed by atoms with E-state index < -0.39 is 30.7 Å². The third-order valence-corrected chi connectivity index (χ3v) is 12.3. The molecular weight excluding hydrogens is 418 g/mol. The number of carbonyl (C=O) groups excluding carboxylic acids is 2. The maximum absolute atomic E-state index is 13.6. The predicted octanol–water partition coefficient (Wildman–Crippen LogP) is 1.19. The van der Waals surface area contributed by atoms with Gasteiger partial charge < -0.3 is 19.3 Å². The number of nitriles is 1. The highest BCUT2D eigenvalue weighted by Crippen LogP contribution is 2.65. The van der Waals surface area contributed by atoms with Crippen LogP contribution in [0.1, 0.15) is 31.9 Å². The Morgan fingerprint density at radius 1 is 1.29 bits per heavy atom. The molecule has 0 aliphatic carbocycles. The molecule has 1 aromatic carbocycles. The number of carbonyl (C=O) groups is 2. The Bertz CT molecular complexity index is 1080. The largest absolute Gasteiger partial charge is 0.454 e. The van der Waals surface area contributed by atoms with E-state index in [-0.39, 0.29) is 25.0 Å². The van der Waals surface area contributed by atoms with Gasteiger partial charge in [0.2, 0.25) is 6.79 Å². The summed E-state index contributed by atoms with van der Waals surface area (Å²) in [7, 11) is 2.05. The van der Waals surface area contributed by atoms with Gasteiger partial charge in [-0.05, 0) is 61.1 Å². The van der Waals surface area contributed by atoms with Crippen LogP contribution in [0, 0.1) is 16.7 Å².